The molecular formula is C26H23Cl2FN4O3. The van der Waals surface area contributed by atoms with Gasteiger partial charge in [0, 0.05) is 35.2 Å². The predicted octanol–water partition coefficient (Wildman–Crippen LogP) is 5.51. The van der Waals surface area contributed by atoms with Gasteiger partial charge in [0.15, 0.2) is 0 Å². The Kier molecular flexibility index (Phi) is 11.5. The van der Waals surface area contributed by atoms with Gasteiger partial charge in [0.1, 0.15) is 18.5 Å². The van der Waals surface area contributed by atoms with E-state index in [4.69, 9.17) is 23.2 Å². The number of carbonyl (C=O) groups is 2. The third kappa shape index (κ3) is 7.89. The van der Waals surface area contributed by atoms with Crippen molar-refractivity contribution in [3.63, 3.8) is 0 Å². The van der Waals surface area contributed by atoms with Gasteiger partial charge in [-0.3, -0.25) is 9.59 Å². The molecule has 2 amide bonds. The Hall–Kier alpha value is -3.77. The highest BCUT2D eigenvalue weighted by Gasteiger charge is 2.24. The summed E-state index contributed by atoms with van der Waals surface area (Å²) in [5, 5.41) is 17.6. The van der Waals surface area contributed by atoms with Crippen molar-refractivity contribution >= 4 is 47.4 Å². The Morgan fingerprint density at radius 1 is 1.17 bits per heavy atom. The van der Waals surface area contributed by atoms with Crippen molar-refractivity contribution in [3.8, 4) is 6.07 Å². The monoisotopic (exact) mass is 528 g/mol. The summed E-state index contributed by atoms with van der Waals surface area (Å²) in [4.78, 5) is 21.5. The van der Waals surface area contributed by atoms with Gasteiger partial charge in [-0.15, -0.1) is 0 Å². The molecule has 7 nitrogen and oxygen atoms in total. The third-order valence-corrected chi connectivity index (χ3v) is 5.30. The summed E-state index contributed by atoms with van der Waals surface area (Å²) in [7, 11) is 1.51. The first-order valence-corrected chi connectivity index (χ1v) is 11.3. The molecule has 0 fully saturated rings. The van der Waals surface area contributed by atoms with Crippen LogP contribution in [0.2, 0.25) is 10.0 Å². The van der Waals surface area contributed by atoms with Crippen molar-refractivity contribution in [1.82, 2.24) is 5.32 Å². The molecule has 0 heterocycles. The minimum absolute atomic E-state index is 0.133. The number of hydrazone groups is 1. The van der Waals surface area contributed by atoms with E-state index in [1.54, 1.807) is 6.07 Å². The summed E-state index contributed by atoms with van der Waals surface area (Å²) in [5.41, 5.74) is 1.58. The first kappa shape index (κ1) is 28.5. The molecule has 3 aromatic rings. The molecule has 3 rings (SSSR count). The van der Waals surface area contributed by atoms with E-state index in [0.29, 0.717) is 18.8 Å². The topological polar surface area (TPSA) is 94.8 Å². The molecule has 1 N–H and O–H groups in total. The van der Waals surface area contributed by atoms with Crippen molar-refractivity contribution < 1.29 is 18.7 Å². The van der Waals surface area contributed by atoms with Crippen LogP contribution in [0.3, 0.4) is 0 Å². The zero-order chi connectivity index (χ0) is 26.5. The molecule has 0 aromatic heterocycles. The van der Waals surface area contributed by atoms with E-state index in [1.807, 2.05) is 30.3 Å². The fourth-order valence-electron chi connectivity index (χ4n) is 3.08. The fourth-order valence-corrected chi connectivity index (χ4v) is 3.77. The Bertz CT molecular complexity index is 1230. The summed E-state index contributed by atoms with van der Waals surface area (Å²) in [6.07, 6.45) is 2.12. The van der Waals surface area contributed by atoms with E-state index >= 15 is 0 Å². The van der Waals surface area contributed by atoms with E-state index in [9.17, 15) is 19.2 Å². The highest BCUT2D eigenvalue weighted by atomic mass is 35.5. The zero-order valence-electron chi connectivity index (χ0n) is 19.5. The second-order valence-corrected chi connectivity index (χ2v) is 7.96. The highest BCUT2D eigenvalue weighted by Crippen LogP contribution is 2.39. The Balaban J connectivity index is 0.000000678. The molecule has 0 aliphatic carbocycles. The number of nitriles is 1. The molecule has 186 valence electrons. The molecule has 0 aliphatic heterocycles. The number of carbonyl (C=O) groups excluding carboxylic acids is 2. The molecule has 10 heteroatoms. The standard InChI is InChI=1S/C23H16Cl2FN3O.C3H7NO2/c1-15(30)29(28-14-16-7-3-2-4-8-16)17-11-20(24)23(21(25)12-17)19(13-27)18-9-5-6-10-22(18)26;1-6-3-4-2-5/h2-12,14,19H,1H3;2H,3H2,1H3,(H,4,5)/b28-14+;. The number of nitrogens with zero attached hydrogens (tertiary/aromatic N) is 3. The number of ether oxygens (including phenoxy) is 1. The van der Waals surface area contributed by atoms with Crippen LogP contribution in [0.5, 0.6) is 0 Å². The van der Waals surface area contributed by atoms with Gasteiger partial charge in [-0.25, -0.2) is 9.40 Å². The van der Waals surface area contributed by atoms with Gasteiger partial charge < -0.3 is 10.1 Å². The maximum atomic E-state index is 14.2. The largest absolute Gasteiger partial charge is 0.365 e. The molecule has 0 aliphatic rings. The number of anilines is 1. The quantitative estimate of drug-likeness (QED) is 0.137. The molecule has 36 heavy (non-hydrogen) atoms. The van der Waals surface area contributed by atoms with Crippen LogP contribution in [0.15, 0.2) is 71.8 Å². The lowest BCUT2D eigenvalue weighted by atomic mass is 9.92. The van der Waals surface area contributed by atoms with Crippen molar-refractivity contribution in [3.05, 3.63) is 99.3 Å². The Morgan fingerprint density at radius 3 is 2.28 bits per heavy atom. The summed E-state index contributed by atoms with van der Waals surface area (Å²) < 4.78 is 18.7. The van der Waals surface area contributed by atoms with Gasteiger partial charge in [-0.1, -0.05) is 71.7 Å². The van der Waals surface area contributed by atoms with Gasteiger partial charge in [0.2, 0.25) is 12.3 Å². The van der Waals surface area contributed by atoms with Crippen molar-refractivity contribution in [2.75, 3.05) is 18.8 Å². The number of hydrogen-bond donors (Lipinski definition) is 1. The first-order chi connectivity index (χ1) is 17.3. The van der Waals surface area contributed by atoms with Crippen LogP contribution >= 0.6 is 23.2 Å². The molecule has 0 saturated carbocycles. The van der Waals surface area contributed by atoms with E-state index in [1.165, 1.54) is 50.6 Å². The third-order valence-electron chi connectivity index (χ3n) is 4.67. The minimum Gasteiger partial charge on any atom is -0.365 e. The SMILES string of the molecule is CC(=O)N(/N=C/c1ccccc1)c1cc(Cl)c(C(C#N)c2ccccc2F)c(Cl)c1.COCNC=O. The average Bonchev–Trinajstić information content (AvgIpc) is 2.86. The smallest absolute Gasteiger partial charge is 0.244 e. The second-order valence-electron chi connectivity index (χ2n) is 7.15. The van der Waals surface area contributed by atoms with Crippen LogP contribution in [0.1, 0.15) is 29.5 Å². The Labute approximate surface area is 218 Å². The summed E-state index contributed by atoms with van der Waals surface area (Å²) in [6.45, 7) is 1.65. The van der Waals surface area contributed by atoms with Crippen molar-refractivity contribution in [1.29, 1.82) is 5.26 Å². The number of halogens is 3. The molecule has 1 unspecified atom stereocenters. The summed E-state index contributed by atoms with van der Waals surface area (Å²) in [6, 6.07) is 20.2. The molecule has 0 bridgehead atoms. The maximum Gasteiger partial charge on any atom is 0.244 e. The van der Waals surface area contributed by atoms with Gasteiger partial charge >= 0.3 is 0 Å². The van der Waals surface area contributed by atoms with E-state index < -0.39 is 11.7 Å². The lowest BCUT2D eigenvalue weighted by molar-refractivity contribution is -0.116. The molecule has 0 radical (unpaired) electrons. The number of rotatable bonds is 8. The molecule has 0 spiro atoms. The Morgan fingerprint density at radius 2 is 1.78 bits per heavy atom. The molecule has 1 atom stereocenters. The van der Waals surface area contributed by atoms with Crippen LogP contribution in [-0.4, -0.2) is 32.4 Å². The van der Waals surface area contributed by atoms with Crippen LogP contribution in [0, 0.1) is 17.1 Å². The first-order valence-electron chi connectivity index (χ1n) is 10.5. The fraction of sp³-hybridized carbons (Fsp3) is 0.154. The summed E-state index contributed by atoms with van der Waals surface area (Å²) in [5.74, 6) is -1.88. The lowest BCUT2D eigenvalue weighted by Gasteiger charge is -2.19. The van der Waals surface area contributed by atoms with Gasteiger partial charge in [0.25, 0.3) is 0 Å². The average molecular weight is 529 g/mol. The molecule has 3 aromatic carbocycles. The lowest BCUT2D eigenvalue weighted by Crippen LogP contribution is -2.22. The molecular weight excluding hydrogens is 506 g/mol. The van der Waals surface area contributed by atoms with Crippen molar-refractivity contribution in [2.24, 2.45) is 5.10 Å². The van der Waals surface area contributed by atoms with E-state index in [2.05, 4.69) is 21.2 Å². The summed E-state index contributed by atoms with van der Waals surface area (Å²) >= 11 is 12.9. The van der Waals surface area contributed by atoms with Crippen molar-refractivity contribution in [2.45, 2.75) is 12.8 Å². The number of methoxy groups -OCH3 is 1. The number of hydrogen-bond acceptors (Lipinski definition) is 5. The maximum absolute atomic E-state index is 14.2. The predicted molar refractivity (Wildman–Crippen MR) is 139 cm³/mol. The van der Waals surface area contributed by atoms with Crippen LogP contribution in [0.4, 0.5) is 10.1 Å². The van der Waals surface area contributed by atoms with Crippen LogP contribution in [0.25, 0.3) is 0 Å². The normalized spacial score (nSPS) is 11.1. The number of benzene rings is 3. The highest BCUT2D eigenvalue weighted by molar-refractivity contribution is 6.36. The van der Waals surface area contributed by atoms with Gasteiger partial charge in [0.05, 0.1) is 18.0 Å². The minimum atomic E-state index is -1.00. The van der Waals surface area contributed by atoms with E-state index in [-0.39, 0.29) is 27.1 Å². The van der Waals surface area contributed by atoms with Crippen LogP contribution < -0.4 is 10.3 Å². The zero-order valence-corrected chi connectivity index (χ0v) is 21.0. The van der Waals surface area contributed by atoms with Gasteiger partial charge in [-0.05, 0) is 23.8 Å². The van der Waals surface area contributed by atoms with Gasteiger partial charge in [-0.2, -0.15) is 10.4 Å². The second kappa shape index (κ2) is 14.6. The number of nitrogens with one attached hydrogen (secondary N) is 1. The molecule has 0 saturated heterocycles. The van der Waals surface area contributed by atoms with Crippen LogP contribution in [-0.2, 0) is 14.3 Å². The number of amides is 2. The van der Waals surface area contributed by atoms with E-state index in [0.717, 1.165) is 10.6 Å².